The molecule has 2 unspecified atom stereocenters. The molecule has 1 aromatic carbocycles. The number of piperidine rings is 1. The van der Waals surface area contributed by atoms with Crippen LogP contribution in [0.15, 0.2) is 30.3 Å². The maximum atomic E-state index is 12.4. The fourth-order valence-corrected chi connectivity index (χ4v) is 3.39. The molecular formula is C19H28N2O3. The van der Waals surface area contributed by atoms with Gasteiger partial charge in [0, 0.05) is 26.2 Å². The van der Waals surface area contributed by atoms with Crippen LogP contribution in [-0.4, -0.2) is 55.4 Å². The van der Waals surface area contributed by atoms with Crippen molar-refractivity contribution in [2.45, 2.75) is 51.0 Å². The summed E-state index contributed by atoms with van der Waals surface area (Å²) in [7, 11) is 0. The van der Waals surface area contributed by atoms with Crippen molar-refractivity contribution in [3.63, 3.8) is 0 Å². The summed E-state index contributed by atoms with van der Waals surface area (Å²) in [6.07, 6.45) is 3.58. The van der Waals surface area contributed by atoms with Crippen LogP contribution in [0.1, 0.15) is 31.7 Å². The first-order valence-corrected chi connectivity index (χ1v) is 9.01. The van der Waals surface area contributed by atoms with Gasteiger partial charge in [0.2, 0.25) is 5.91 Å². The maximum Gasteiger partial charge on any atom is 0.237 e. The quantitative estimate of drug-likeness (QED) is 0.865. The van der Waals surface area contributed by atoms with Gasteiger partial charge in [-0.3, -0.25) is 9.69 Å². The highest BCUT2D eigenvalue weighted by molar-refractivity contribution is 5.81. The molecule has 1 N–H and O–H groups in total. The monoisotopic (exact) mass is 332 g/mol. The predicted octanol–water partition coefficient (Wildman–Crippen LogP) is 1.96. The van der Waals surface area contributed by atoms with Gasteiger partial charge in [0.05, 0.1) is 24.9 Å². The molecule has 0 aromatic heterocycles. The molecule has 1 aromatic rings. The molecule has 2 aliphatic rings. The van der Waals surface area contributed by atoms with Crippen molar-refractivity contribution in [1.29, 1.82) is 0 Å². The van der Waals surface area contributed by atoms with Crippen LogP contribution in [0.2, 0.25) is 0 Å². The second kappa shape index (κ2) is 8.60. The van der Waals surface area contributed by atoms with Crippen LogP contribution < -0.4 is 5.32 Å². The van der Waals surface area contributed by atoms with E-state index < -0.39 is 0 Å². The zero-order chi connectivity index (χ0) is 16.8. The van der Waals surface area contributed by atoms with E-state index in [1.165, 1.54) is 0 Å². The highest BCUT2D eigenvalue weighted by atomic mass is 16.5. The summed E-state index contributed by atoms with van der Waals surface area (Å²) in [6.45, 7) is 5.97. The molecule has 2 aliphatic heterocycles. The molecule has 0 aliphatic carbocycles. The van der Waals surface area contributed by atoms with Gasteiger partial charge in [-0.05, 0) is 31.7 Å². The minimum Gasteiger partial charge on any atom is -0.379 e. The van der Waals surface area contributed by atoms with Crippen LogP contribution in [0.25, 0.3) is 0 Å². The zero-order valence-corrected chi connectivity index (χ0v) is 14.4. The summed E-state index contributed by atoms with van der Waals surface area (Å²) < 4.78 is 11.5. The number of carbonyl (C=O) groups is 1. The van der Waals surface area contributed by atoms with Crippen molar-refractivity contribution in [2.75, 3.05) is 26.3 Å². The highest BCUT2D eigenvalue weighted by Crippen LogP contribution is 2.20. The SMILES string of the molecule is CC(C(=O)NCc1ccccc1)N1CCC(OC2CCOC2)CC1. The van der Waals surface area contributed by atoms with E-state index in [9.17, 15) is 4.79 Å². The molecule has 3 rings (SSSR count). The Bertz CT molecular complexity index is 509. The van der Waals surface area contributed by atoms with Gasteiger partial charge in [-0.1, -0.05) is 30.3 Å². The second-order valence-electron chi connectivity index (χ2n) is 6.74. The number of rotatable bonds is 6. The Kier molecular flexibility index (Phi) is 6.24. The van der Waals surface area contributed by atoms with Crippen LogP contribution in [-0.2, 0) is 20.8 Å². The summed E-state index contributed by atoms with van der Waals surface area (Å²) >= 11 is 0. The van der Waals surface area contributed by atoms with Gasteiger partial charge >= 0.3 is 0 Å². The molecule has 2 atom stereocenters. The number of likely N-dealkylation sites (tertiary alicyclic amines) is 1. The summed E-state index contributed by atoms with van der Waals surface area (Å²) in [6, 6.07) is 9.93. The molecule has 24 heavy (non-hydrogen) atoms. The molecule has 2 heterocycles. The molecule has 0 radical (unpaired) electrons. The number of nitrogens with one attached hydrogen (secondary N) is 1. The van der Waals surface area contributed by atoms with E-state index >= 15 is 0 Å². The topological polar surface area (TPSA) is 50.8 Å². The van der Waals surface area contributed by atoms with E-state index in [0.29, 0.717) is 12.6 Å². The van der Waals surface area contributed by atoms with Gasteiger partial charge in [-0.2, -0.15) is 0 Å². The summed E-state index contributed by atoms with van der Waals surface area (Å²) in [4.78, 5) is 14.6. The van der Waals surface area contributed by atoms with Gasteiger partial charge in [-0.25, -0.2) is 0 Å². The fraction of sp³-hybridized carbons (Fsp3) is 0.632. The summed E-state index contributed by atoms with van der Waals surface area (Å²) in [5, 5.41) is 3.04. The Hall–Kier alpha value is -1.43. The van der Waals surface area contributed by atoms with Gasteiger partial charge in [0.1, 0.15) is 0 Å². The Morgan fingerprint density at radius 2 is 2.00 bits per heavy atom. The Balaban J connectivity index is 1.39. The van der Waals surface area contributed by atoms with Crippen molar-refractivity contribution in [2.24, 2.45) is 0 Å². The number of hydrogen-bond acceptors (Lipinski definition) is 4. The number of carbonyl (C=O) groups excluding carboxylic acids is 1. The van der Waals surface area contributed by atoms with Crippen LogP contribution in [0, 0.1) is 0 Å². The minimum atomic E-state index is -0.0931. The molecule has 132 valence electrons. The van der Waals surface area contributed by atoms with E-state index in [0.717, 1.165) is 51.1 Å². The smallest absolute Gasteiger partial charge is 0.237 e. The summed E-state index contributed by atoms with van der Waals surface area (Å²) in [5.74, 6) is 0.0995. The minimum absolute atomic E-state index is 0.0931. The number of nitrogens with zero attached hydrogens (tertiary/aromatic N) is 1. The van der Waals surface area contributed by atoms with E-state index in [2.05, 4.69) is 10.2 Å². The molecular weight excluding hydrogens is 304 g/mol. The van der Waals surface area contributed by atoms with Gasteiger partial charge < -0.3 is 14.8 Å². The van der Waals surface area contributed by atoms with Crippen LogP contribution in [0.3, 0.4) is 0 Å². The van der Waals surface area contributed by atoms with Crippen molar-refractivity contribution in [3.05, 3.63) is 35.9 Å². The fourth-order valence-electron chi connectivity index (χ4n) is 3.39. The first-order valence-electron chi connectivity index (χ1n) is 9.01. The van der Waals surface area contributed by atoms with Crippen molar-refractivity contribution >= 4 is 5.91 Å². The van der Waals surface area contributed by atoms with Crippen LogP contribution in [0.5, 0.6) is 0 Å². The molecule has 0 spiro atoms. The second-order valence-corrected chi connectivity index (χ2v) is 6.74. The molecule has 2 saturated heterocycles. The van der Waals surface area contributed by atoms with Crippen molar-refractivity contribution in [1.82, 2.24) is 10.2 Å². The van der Waals surface area contributed by atoms with Crippen molar-refractivity contribution in [3.8, 4) is 0 Å². The average Bonchev–Trinajstić information content (AvgIpc) is 3.13. The van der Waals surface area contributed by atoms with Gasteiger partial charge in [0.25, 0.3) is 0 Å². The number of ether oxygens (including phenoxy) is 2. The van der Waals surface area contributed by atoms with E-state index in [1.807, 2.05) is 37.3 Å². The lowest BCUT2D eigenvalue weighted by Gasteiger charge is -2.36. The Morgan fingerprint density at radius 1 is 1.25 bits per heavy atom. The lowest BCUT2D eigenvalue weighted by atomic mass is 10.1. The van der Waals surface area contributed by atoms with E-state index in [-0.39, 0.29) is 18.1 Å². The zero-order valence-electron chi connectivity index (χ0n) is 14.4. The van der Waals surface area contributed by atoms with Crippen LogP contribution in [0.4, 0.5) is 0 Å². The largest absolute Gasteiger partial charge is 0.379 e. The molecule has 5 heteroatoms. The third-order valence-corrected chi connectivity index (χ3v) is 4.99. The standard InChI is InChI=1S/C19H28N2O3/c1-15(19(22)20-13-16-5-3-2-4-6-16)21-10-7-17(8-11-21)24-18-9-12-23-14-18/h2-6,15,17-18H,7-14H2,1H3,(H,20,22). The first kappa shape index (κ1) is 17.4. The lowest BCUT2D eigenvalue weighted by Crippen LogP contribution is -2.49. The van der Waals surface area contributed by atoms with Gasteiger partial charge in [0.15, 0.2) is 0 Å². The number of amides is 1. The summed E-state index contributed by atoms with van der Waals surface area (Å²) in [5.41, 5.74) is 1.13. The van der Waals surface area contributed by atoms with Gasteiger partial charge in [-0.15, -0.1) is 0 Å². The van der Waals surface area contributed by atoms with Crippen molar-refractivity contribution < 1.29 is 14.3 Å². The van der Waals surface area contributed by atoms with Crippen LogP contribution >= 0.6 is 0 Å². The normalized spacial score (nSPS) is 24.0. The van der Waals surface area contributed by atoms with E-state index in [1.54, 1.807) is 0 Å². The third-order valence-electron chi connectivity index (χ3n) is 4.99. The molecule has 0 saturated carbocycles. The molecule has 1 amide bonds. The average molecular weight is 332 g/mol. The molecule has 0 bridgehead atoms. The molecule has 5 nitrogen and oxygen atoms in total. The predicted molar refractivity (Wildman–Crippen MR) is 92.7 cm³/mol. The third kappa shape index (κ3) is 4.79. The Morgan fingerprint density at radius 3 is 2.67 bits per heavy atom. The number of benzene rings is 1. The highest BCUT2D eigenvalue weighted by Gasteiger charge is 2.29. The lowest BCUT2D eigenvalue weighted by molar-refractivity contribution is -0.127. The Labute approximate surface area is 144 Å². The first-order chi connectivity index (χ1) is 11.7. The van der Waals surface area contributed by atoms with E-state index in [4.69, 9.17) is 9.47 Å². The number of hydrogen-bond donors (Lipinski definition) is 1. The maximum absolute atomic E-state index is 12.4. The molecule has 2 fully saturated rings.